The van der Waals surface area contributed by atoms with Gasteiger partial charge in [0, 0.05) is 35.3 Å². The quantitative estimate of drug-likeness (QED) is 0.619. The monoisotopic (exact) mass is 393 g/mol. The molecule has 0 fully saturated rings. The molecule has 0 saturated heterocycles. The second kappa shape index (κ2) is 8.97. The van der Waals surface area contributed by atoms with Crippen LogP contribution < -0.4 is 24.8 Å². The van der Waals surface area contributed by atoms with Gasteiger partial charge in [0.25, 0.3) is 5.91 Å². The van der Waals surface area contributed by atoms with Crippen molar-refractivity contribution in [3.05, 3.63) is 65.9 Å². The van der Waals surface area contributed by atoms with E-state index in [9.17, 15) is 4.79 Å². The van der Waals surface area contributed by atoms with Gasteiger partial charge in [-0.2, -0.15) is 0 Å². The number of hydrogen-bond acceptors (Lipinski definition) is 6. The Morgan fingerprint density at radius 1 is 0.897 bits per heavy atom. The van der Waals surface area contributed by atoms with Gasteiger partial charge in [0.1, 0.15) is 5.82 Å². The molecule has 3 aromatic rings. The molecule has 0 unspecified atom stereocenters. The van der Waals surface area contributed by atoms with Crippen LogP contribution in [0.25, 0.3) is 0 Å². The van der Waals surface area contributed by atoms with Crippen LogP contribution in [0.15, 0.2) is 54.7 Å². The van der Waals surface area contributed by atoms with E-state index in [0.717, 1.165) is 11.3 Å². The van der Waals surface area contributed by atoms with E-state index >= 15 is 0 Å². The van der Waals surface area contributed by atoms with Gasteiger partial charge in [0.15, 0.2) is 11.5 Å². The summed E-state index contributed by atoms with van der Waals surface area (Å²) in [7, 11) is 4.57. The molecular formula is C22H23N3O4. The van der Waals surface area contributed by atoms with Crippen LogP contribution in [0.3, 0.4) is 0 Å². The minimum absolute atomic E-state index is 0.283. The van der Waals surface area contributed by atoms with Crippen LogP contribution in [0, 0.1) is 6.92 Å². The molecule has 0 bridgehead atoms. The number of carbonyl (C=O) groups excluding carboxylic acids is 1. The maximum Gasteiger partial charge on any atom is 0.255 e. The molecule has 1 heterocycles. The van der Waals surface area contributed by atoms with Crippen LogP contribution in [0.1, 0.15) is 15.9 Å². The Balaban J connectivity index is 1.81. The number of aryl methyl sites for hydroxylation is 1. The highest BCUT2D eigenvalue weighted by Crippen LogP contribution is 2.40. The van der Waals surface area contributed by atoms with Crippen molar-refractivity contribution < 1.29 is 19.0 Å². The number of nitrogens with one attached hydrogen (secondary N) is 2. The number of aromatic nitrogens is 1. The van der Waals surface area contributed by atoms with E-state index < -0.39 is 0 Å². The fraction of sp³-hybridized carbons (Fsp3) is 0.182. The molecule has 2 N–H and O–H groups in total. The number of amides is 1. The zero-order valence-electron chi connectivity index (χ0n) is 16.8. The van der Waals surface area contributed by atoms with Crippen molar-refractivity contribution in [2.45, 2.75) is 6.92 Å². The SMILES string of the molecule is COc1cc(NC(=O)c2ccnc(Nc3cccc(C)c3)c2)cc(OC)c1OC. The maximum absolute atomic E-state index is 12.7. The number of nitrogens with zero attached hydrogens (tertiary/aromatic N) is 1. The van der Waals surface area contributed by atoms with Crippen LogP contribution >= 0.6 is 0 Å². The molecule has 29 heavy (non-hydrogen) atoms. The Morgan fingerprint density at radius 3 is 2.24 bits per heavy atom. The normalized spacial score (nSPS) is 10.2. The number of benzene rings is 2. The van der Waals surface area contributed by atoms with Crippen molar-refractivity contribution >= 4 is 23.1 Å². The minimum Gasteiger partial charge on any atom is -0.493 e. The summed E-state index contributed by atoms with van der Waals surface area (Å²) in [4.78, 5) is 17.0. The third kappa shape index (κ3) is 4.76. The lowest BCUT2D eigenvalue weighted by Crippen LogP contribution is -2.13. The Hall–Kier alpha value is -3.74. The number of carbonyl (C=O) groups is 1. The van der Waals surface area contributed by atoms with E-state index in [1.807, 2.05) is 31.2 Å². The first-order chi connectivity index (χ1) is 14.0. The molecule has 2 aromatic carbocycles. The first kappa shape index (κ1) is 20.0. The Morgan fingerprint density at radius 2 is 1.62 bits per heavy atom. The fourth-order valence-corrected chi connectivity index (χ4v) is 2.87. The first-order valence-corrected chi connectivity index (χ1v) is 8.95. The van der Waals surface area contributed by atoms with E-state index in [1.165, 1.54) is 21.3 Å². The molecule has 0 atom stereocenters. The highest BCUT2D eigenvalue weighted by molar-refractivity contribution is 6.05. The Labute approximate surface area is 169 Å². The predicted octanol–water partition coefficient (Wildman–Crippen LogP) is 4.41. The lowest BCUT2D eigenvalue weighted by Gasteiger charge is -2.15. The molecule has 0 aliphatic heterocycles. The summed E-state index contributed by atoms with van der Waals surface area (Å²) in [6, 6.07) is 14.6. The molecule has 0 aliphatic rings. The second-order valence-corrected chi connectivity index (χ2v) is 6.29. The van der Waals surface area contributed by atoms with E-state index in [1.54, 1.807) is 30.5 Å². The molecule has 0 spiro atoms. The molecule has 0 saturated carbocycles. The first-order valence-electron chi connectivity index (χ1n) is 8.95. The van der Waals surface area contributed by atoms with E-state index in [0.29, 0.717) is 34.3 Å². The van der Waals surface area contributed by atoms with Gasteiger partial charge in [-0.15, -0.1) is 0 Å². The zero-order chi connectivity index (χ0) is 20.8. The fourth-order valence-electron chi connectivity index (χ4n) is 2.87. The van der Waals surface area contributed by atoms with Gasteiger partial charge in [-0.05, 0) is 36.8 Å². The van der Waals surface area contributed by atoms with Crippen molar-refractivity contribution in [2.24, 2.45) is 0 Å². The molecule has 1 amide bonds. The van der Waals surface area contributed by atoms with Gasteiger partial charge in [0.05, 0.1) is 21.3 Å². The van der Waals surface area contributed by atoms with Gasteiger partial charge in [-0.25, -0.2) is 4.98 Å². The van der Waals surface area contributed by atoms with Crippen molar-refractivity contribution in [3.8, 4) is 17.2 Å². The highest BCUT2D eigenvalue weighted by Gasteiger charge is 2.15. The van der Waals surface area contributed by atoms with Gasteiger partial charge in [-0.3, -0.25) is 4.79 Å². The largest absolute Gasteiger partial charge is 0.493 e. The Kier molecular flexibility index (Phi) is 6.19. The molecule has 0 aliphatic carbocycles. The van der Waals surface area contributed by atoms with Crippen molar-refractivity contribution in [1.29, 1.82) is 0 Å². The predicted molar refractivity (Wildman–Crippen MR) is 113 cm³/mol. The smallest absolute Gasteiger partial charge is 0.255 e. The number of anilines is 3. The van der Waals surface area contributed by atoms with Crippen molar-refractivity contribution in [2.75, 3.05) is 32.0 Å². The highest BCUT2D eigenvalue weighted by atomic mass is 16.5. The summed E-state index contributed by atoms with van der Waals surface area (Å²) in [5, 5.41) is 6.06. The summed E-state index contributed by atoms with van der Waals surface area (Å²) < 4.78 is 16.0. The van der Waals surface area contributed by atoms with Gasteiger partial charge in [0.2, 0.25) is 5.75 Å². The molecule has 150 valence electrons. The number of rotatable bonds is 7. The summed E-state index contributed by atoms with van der Waals surface area (Å²) in [5.74, 6) is 1.67. The van der Waals surface area contributed by atoms with Gasteiger partial charge >= 0.3 is 0 Å². The molecule has 0 radical (unpaired) electrons. The van der Waals surface area contributed by atoms with Gasteiger partial charge in [-0.1, -0.05) is 12.1 Å². The zero-order valence-corrected chi connectivity index (χ0v) is 16.8. The summed E-state index contributed by atoms with van der Waals surface area (Å²) >= 11 is 0. The topological polar surface area (TPSA) is 81.7 Å². The maximum atomic E-state index is 12.7. The molecule has 7 nitrogen and oxygen atoms in total. The lowest BCUT2D eigenvalue weighted by atomic mass is 10.2. The molecule has 7 heteroatoms. The summed E-state index contributed by atoms with van der Waals surface area (Å²) in [6.45, 7) is 2.01. The van der Waals surface area contributed by atoms with E-state index in [-0.39, 0.29) is 5.91 Å². The van der Waals surface area contributed by atoms with Crippen LogP contribution in [0.2, 0.25) is 0 Å². The number of hydrogen-bond donors (Lipinski definition) is 2. The average Bonchev–Trinajstić information content (AvgIpc) is 2.73. The third-order valence-electron chi connectivity index (χ3n) is 4.24. The molecule has 1 aromatic heterocycles. The second-order valence-electron chi connectivity index (χ2n) is 6.29. The van der Waals surface area contributed by atoms with E-state index in [4.69, 9.17) is 14.2 Å². The van der Waals surface area contributed by atoms with Crippen molar-refractivity contribution in [3.63, 3.8) is 0 Å². The molecule has 3 rings (SSSR count). The van der Waals surface area contributed by atoms with Crippen LogP contribution in [0.4, 0.5) is 17.2 Å². The summed E-state index contributed by atoms with van der Waals surface area (Å²) in [5.41, 5.74) is 3.02. The van der Waals surface area contributed by atoms with Crippen molar-refractivity contribution in [1.82, 2.24) is 4.98 Å². The number of methoxy groups -OCH3 is 3. The standard InChI is InChI=1S/C22H23N3O4/c1-14-6-5-7-16(10-14)24-20-11-15(8-9-23-20)22(26)25-17-12-18(27-2)21(29-4)19(13-17)28-3/h5-13H,1-4H3,(H,23,24)(H,25,26). The third-order valence-corrected chi connectivity index (χ3v) is 4.24. The Bertz CT molecular complexity index is 995. The minimum atomic E-state index is -0.283. The molecular weight excluding hydrogens is 370 g/mol. The van der Waals surface area contributed by atoms with E-state index in [2.05, 4.69) is 15.6 Å². The number of ether oxygens (including phenoxy) is 3. The van der Waals surface area contributed by atoms with Crippen LogP contribution in [-0.2, 0) is 0 Å². The number of pyridine rings is 1. The van der Waals surface area contributed by atoms with Crippen LogP contribution in [0.5, 0.6) is 17.2 Å². The summed E-state index contributed by atoms with van der Waals surface area (Å²) in [6.07, 6.45) is 1.59. The lowest BCUT2D eigenvalue weighted by molar-refractivity contribution is 0.102. The van der Waals surface area contributed by atoms with Gasteiger partial charge < -0.3 is 24.8 Å². The van der Waals surface area contributed by atoms with Crippen LogP contribution in [-0.4, -0.2) is 32.2 Å². The average molecular weight is 393 g/mol.